The van der Waals surface area contributed by atoms with Crippen LogP contribution in [0.2, 0.25) is 0 Å². The second kappa shape index (κ2) is 63.8. The number of likely N-dealkylation sites (tertiary alicyclic amines) is 3. The van der Waals surface area contributed by atoms with Crippen molar-refractivity contribution in [3.8, 4) is 0 Å². The first-order chi connectivity index (χ1) is 57.4. The van der Waals surface area contributed by atoms with Crippen LogP contribution >= 0.6 is 0 Å². The van der Waals surface area contributed by atoms with Crippen LogP contribution in [-0.4, -0.2) is 245 Å². The van der Waals surface area contributed by atoms with Gasteiger partial charge in [-0.1, -0.05) is 290 Å². The van der Waals surface area contributed by atoms with E-state index in [2.05, 4.69) is 307 Å². The standard InChI is InChI=1S/C21H43N.C20H42N2.C20H41N.2C18H38N2O.C17H37N/c1-20(2,3)15-11-9-7-8-10-12-16-22-17-13-19(14-18-22)21(4,5)6;1-19(2,3)14-10-8-9-11-15-21(7)18-12-16-22(17-13-18)20(4,5)6;1-19(2,3)14-10-8-7-9-11-15-21-16-12-18(13-17-21)20(4,5)6;1-17(2,3)9-7-15-21-16-8-10-19-11-13-20(14-12-19)18(4,5)6;1-17(2,3)9-7-8-15-21-16-14-19-10-12-20(13-11-19)18(4,5)6;1-16(2,3)12-10-8-9-11-14-18(7)15-13-17(4,5)6/h19H,7-18H2,1-6H3;18H,8-17H2,1-7H3;18H,7-17H2,1-6H3;2*7-16H2,1-6H3;8-15H2,1-7H3. The summed E-state index contributed by atoms with van der Waals surface area (Å²) in [5, 5.41) is 0. The zero-order valence-corrected chi connectivity index (χ0v) is 93.7. The molecule has 0 amide bonds. The van der Waals surface area contributed by atoms with Gasteiger partial charge in [0.2, 0.25) is 0 Å². The van der Waals surface area contributed by atoms with Crippen molar-refractivity contribution in [2.45, 2.75) is 503 Å². The average Bonchev–Trinajstić information content (AvgIpc) is 0.802. The molecule has 0 aromatic carbocycles. The molecule has 0 aliphatic carbocycles. The summed E-state index contributed by atoms with van der Waals surface area (Å²) in [4.78, 5) is 23.5. The van der Waals surface area contributed by atoms with Gasteiger partial charge in [0.05, 0.1) is 6.61 Å². The van der Waals surface area contributed by atoms with Crippen molar-refractivity contribution >= 4 is 0 Å². The van der Waals surface area contributed by atoms with Gasteiger partial charge in [-0.25, -0.2) is 0 Å². The van der Waals surface area contributed by atoms with Gasteiger partial charge in [-0.2, -0.15) is 0 Å². The number of ether oxygens (including phenoxy) is 2. The Hall–Kier alpha value is -0.440. The third kappa shape index (κ3) is 76.4. The lowest BCUT2D eigenvalue weighted by molar-refractivity contribution is 0.0408. The monoisotopic (exact) mass is 1770 g/mol. The summed E-state index contributed by atoms with van der Waals surface area (Å²) in [7, 11) is 4.60. The zero-order chi connectivity index (χ0) is 95.5. The summed E-state index contributed by atoms with van der Waals surface area (Å²) in [6.07, 6.45) is 49.4. The fraction of sp³-hybridized carbons (Fsp3) is 1.00. The van der Waals surface area contributed by atoms with Gasteiger partial charge in [0, 0.05) is 121 Å². The Morgan fingerprint density at radius 1 is 0.216 bits per heavy atom. The van der Waals surface area contributed by atoms with E-state index >= 15 is 0 Å². The Balaban J connectivity index is 0.00000148. The Labute approximate surface area is 790 Å². The van der Waals surface area contributed by atoms with Crippen LogP contribution in [0.15, 0.2) is 0 Å². The zero-order valence-electron chi connectivity index (χ0n) is 93.7. The van der Waals surface area contributed by atoms with E-state index in [0.29, 0.717) is 65.4 Å². The van der Waals surface area contributed by atoms with Crippen molar-refractivity contribution < 1.29 is 9.47 Å². The van der Waals surface area contributed by atoms with E-state index < -0.39 is 0 Å². The topological polar surface area (TPSA) is 47.6 Å². The summed E-state index contributed by atoms with van der Waals surface area (Å²) >= 11 is 0. The first-order valence-corrected chi connectivity index (χ1v) is 54.1. The Bertz CT molecular complexity index is 2310. The van der Waals surface area contributed by atoms with Crippen LogP contribution in [-0.2, 0) is 9.47 Å². The van der Waals surface area contributed by atoms with E-state index in [0.717, 1.165) is 50.8 Å². The van der Waals surface area contributed by atoms with Crippen LogP contribution < -0.4 is 0 Å². The van der Waals surface area contributed by atoms with Gasteiger partial charge in [0.25, 0.3) is 0 Å². The molecule has 0 aromatic rings. The van der Waals surface area contributed by atoms with Crippen molar-refractivity contribution in [1.82, 2.24) is 44.1 Å². The smallest absolute Gasteiger partial charge is 0.0593 e. The van der Waals surface area contributed by atoms with Crippen molar-refractivity contribution in [3.05, 3.63) is 0 Å². The highest BCUT2D eigenvalue weighted by Gasteiger charge is 2.33. The maximum Gasteiger partial charge on any atom is 0.0593 e. The molecule has 0 aromatic heterocycles. The van der Waals surface area contributed by atoms with Gasteiger partial charge in [-0.05, 0) is 324 Å². The van der Waals surface area contributed by atoms with Crippen LogP contribution in [0, 0.1) is 60.6 Å². The molecule has 5 aliphatic heterocycles. The number of piperazine rings is 2. The highest BCUT2D eigenvalue weighted by atomic mass is 16.5. The molecule has 752 valence electrons. The lowest BCUT2D eigenvalue weighted by atomic mass is 9.75. The second-order valence-corrected chi connectivity index (χ2v) is 54.7. The number of unbranched alkanes of at least 4 members (excludes halogenated alkanes) is 16. The van der Waals surface area contributed by atoms with Crippen LogP contribution in [0.4, 0.5) is 0 Å². The van der Waals surface area contributed by atoms with Crippen LogP contribution in [0.3, 0.4) is 0 Å². The number of nitrogens with zero attached hydrogens (tertiary/aromatic N) is 9. The summed E-state index contributed by atoms with van der Waals surface area (Å²) in [6.45, 7) is 114. The first-order valence-electron chi connectivity index (χ1n) is 54.1. The number of piperidine rings is 3. The maximum absolute atomic E-state index is 5.79. The SMILES string of the molecule is CC(C)(C)CCCCCCCCN1CCC(C(C)(C)C)CC1.CC(C)(C)CCCCCCCN1CCC(C(C)(C)C)CC1.CC(C)(C)CCCCOCCN1CCN(C(C)(C)C)CC1.CC(C)(C)CCCOCCCN1CCN(C(C)(C)C)CC1.CN(CCCCCCC(C)(C)C)C1CCN(C(C)(C)C)CC1.CN(CCCCCCC(C)(C)C)CCC(C)(C)C. The third-order valence-corrected chi connectivity index (χ3v) is 28.0. The van der Waals surface area contributed by atoms with E-state index in [1.807, 2.05) is 0 Å². The molecule has 0 bridgehead atoms. The quantitative estimate of drug-likeness (QED) is 0.0548. The van der Waals surface area contributed by atoms with E-state index in [9.17, 15) is 0 Å². The molecule has 0 N–H and O–H groups in total. The third-order valence-electron chi connectivity index (χ3n) is 28.0. The lowest BCUT2D eigenvalue weighted by Gasteiger charge is -2.43. The predicted octanol–water partition coefficient (Wildman–Crippen LogP) is 30.5. The molecular weight excluding hydrogens is 1530 g/mol. The minimum absolute atomic E-state index is 0.315. The van der Waals surface area contributed by atoms with Gasteiger partial charge in [0.15, 0.2) is 0 Å². The molecular formula is C114H239N9O2. The van der Waals surface area contributed by atoms with Gasteiger partial charge in [-0.15, -0.1) is 0 Å². The largest absolute Gasteiger partial charge is 0.381 e. The van der Waals surface area contributed by atoms with Gasteiger partial charge >= 0.3 is 0 Å². The summed E-state index contributed by atoms with van der Waals surface area (Å²) < 4.78 is 11.5. The molecule has 0 radical (unpaired) electrons. The Kier molecular flexibility index (Phi) is 63.6. The average molecular weight is 1770 g/mol. The molecule has 125 heavy (non-hydrogen) atoms. The molecule has 11 nitrogen and oxygen atoms in total. The summed E-state index contributed by atoms with van der Waals surface area (Å²) in [6, 6.07) is 0.813. The van der Waals surface area contributed by atoms with Crippen LogP contribution in [0.1, 0.15) is 480 Å². The minimum atomic E-state index is 0.315. The predicted molar refractivity (Wildman–Crippen MR) is 564 cm³/mol. The fourth-order valence-corrected chi connectivity index (χ4v) is 18.5. The van der Waals surface area contributed by atoms with Crippen LogP contribution in [0.5, 0.6) is 0 Å². The normalized spacial score (nSPS) is 18.2. The minimum Gasteiger partial charge on any atom is -0.381 e. The van der Waals surface area contributed by atoms with Crippen molar-refractivity contribution in [3.63, 3.8) is 0 Å². The molecule has 5 fully saturated rings. The highest BCUT2D eigenvalue weighted by molar-refractivity contribution is 4.88. The molecule has 5 rings (SSSR count). The van der Waals surface area contributed by atoms with E-state index in [-0.39, 0.29) is 0 Å². The molecule has 5 aliphatic rings. The van der Waals surface area contributed by atoms with Gasteiger partial charge in [-0.3, -0.25) is 19.6 Å². The molecule has 0 atom stereocenters. The van der Waals surface area contributed by atoms with Crippen molar-refractivity contribution in [2.75, 3.05) is 178 Å². The number of rotatable bonds is 44. The second-order valence-electron chi connectivity index (χ2n) is 54.7. The highest BCUT2D eigenvalue weighted by Crippen LogP contribution is 2.37. The molecule has 0 unspecified atom stereocenters. The Morgan fingerprint density at radius 3 is 0.808 bits per heavy atom. The fourth-order valence-electron chi connectivity index (χ4n) is 18.5. The molecule has 0 spiro atoms. The van der Waals surface area contributed by atoms with Crippen LogP contribution in [0.25, 0.3) is 0 Å². The molecule has 5 saturated heterocycles. The molecule has 5 heterocycles. The molecule has 0 saturated carbocycles. The first kappa shape index (κ1) is 125. The Morgan fingerprint density at radius 2 is 0.472 bits per heavy atom. The van der Waals surface area contributed by atoms with Crippen molar-refractivity contribution in [1.29, 1.82) is 0 Å². The number of hydrogen-bond acceptors (Lipinski definition) is 11. The van der Waals surface area contributed by atoms with Crippen molar-refractivity contribution in [2.24, 2.45) is 60.6 Å². The number of hydrogen-bond donors (Lipinski definition) is 0. The summed E-state index contributed by atoms with van der Waals surface area (Å²) in [5.74, 6) is 1.87. The van der Waals surface area contributed by atoms with E-state index in [1.165, 1.54) is 362 Å². The van der Waals surface area contributed by atoms with Gasteiger partial charge < -0.3 is 34.0 Å². The van der Waals surface area contributed by atoms with E-state index in [1.54, 1.807) is 0 Å². The van der Waals surface area contributed by atoms with Gasteiger partial charge in [0.1, 0.15) is 0 Å². The lowest BCUT2D eigenvalue weighted by Crippen LogP contribution is -2.53. The maximum atomic E-state index is 5.79. The van der Waals surface area contributed by atoms with E-state index in [4.69, 9.17) is 9.47 Å². The summed E-state index contributed by atoms with van der Waals surface area (Å²) in [5.41, 5.74) is 5.47. The molecule has 11 heteroatoms.